The summed E-state index contributed by atoms with van der Waals surface area (Å²) >= 11 is 0. The van der Waals surface area contributed by atoms with Gasteiger partial charge >= 0.3 is 12.1 Å². The third kappa shape index (κ3) is 8.77. The molecule has 3 atom stereocenters. The number of aliphatic imine (C=N–C) groups is 1. The molecule has 1 aliphatic heterocycles. The Kier molecular flexibility index (Phi) is 10.8. The number of nitrogens with one attached hydrogen (secondary N) is 2. The summed E-state index contributed by atoms with van der Waals surface area (Å²) in [6, 6.07) is 5.53. The minimum Gasteiger partial charge on any atom is -0.480 e. The summed E-state index contributed by atoms with van der Waals surface area (Å²) in [7, 11) is 0. The Morgan fingerprint density at radius 1 is 1.14 bits per heavy atom. The van der Waals surface area contributed by atoms with Crippen LogP contribution < -0.4 is 22.1 Å². The zero-order chi connectivity index (χ0) is 25.8. The van der Waals surface area contributed by atoms with Crippen LogP contribution in [0.1, 0.15) is 31.2 Å². The van der Waals surface area contributed by atoms with Crippen LogP contribution in [0.25, 0.3) is 0 Å². The number of ether oxygens (including phenoxy) is 1. The van der Waals surface area contributed by atoms with Crippen molar-refractivity contribution in [3.05, 3.63) is 35.9 Å². The molecule has 3 unspecified atom stereocenters. The number of amides is 3. The minimum absolute atomic E-state index is 0.0353. The van der Waals surface area contributed by atoms with Crippen molar-refractivity contribution in [2.45, 2.75) is 50.4 Å². The van der Waals surface area contributed by atoms with Gasteiger partial charge in [-0.3, -0.25) is 19.5 Å². The highest BCUT2D eigenvalue weighted by Gasteiger charge is 2.37. The lowest BCUT2D eigenvalue weighted by Crippen LogP contribution is -2.56. The van der Waals surface area contributed by atoms with Crippen molar-refractivity contribution < 1.29 is 34.1 Å². The summed E-state index contributed by atoms with van der Waals surface area (Å²) in [5, 5.41) is 23.7. The first kappa shape index (κ1) is 27.4. The van der Waals surface area contributed by atoms with Crippen molar-refractivity contribution in [3.8, 4) is 0 Å². The predicted molar refractivity (Wildman–Crippen MR) is 125 cm³/mol. The third-order valence-corrected chi connectivity index (χ3v) is 5.37. The second-order valence-corrected chi connectivity index (χ2v) is 7.98. The van der Waals surface area contributed by atoms with Gasteiger partial charge in [0, 0.05) is 13.1 Å². The van der Waals surface area contributed by atoms with Gasteiger partial charge in [-0.2, -0.15) is 0 Å². The number of aliphatic carboxylic acids is 1. The summed E-state index contributed by atoms with van der Waals surface area (Å²) in [5.74, 6) is -2.93. The van der Waals surface area contributed by atoms with Crippen LogP contribution in [0.2, 0.25) is 0 Å². The third-order valence-electron chi connectivity index (χ3n) is 5.37. The molecule has 8 N–H and O–H groups in total. The molecule has 1 fully saturated rings. The monoisotopic (exact) mass is 492 g/mol. The molecule has 0 radical (unpaired) electrons. The molecule has 3 amide bonds. The summed E-state index contributed by atoms with van der Waals surface area (Å²) in [6.07, 6.45) is 0.573. The van der Waals surface area contributed by atoms with Gasteiger partial charge in [0.25, 0.3) is 0 Å². The van der Waals surface area contributed by atoms with Gasteiger partial charge in [-0.25, -0.2) is 9.59 Å². The highest BCUT2D eigenvalue weighted by atomic mass is 16.6. The highest BCUT2D eigenvalue weighted by molar-refractivity contribution is 5.93. The number of nitrogens with zero attached hydrogens (tertiary/aromatic N) is 2. The molecular formula is C22H32N6O7. The van der Waals surface area contributed by atoms with E-state index in [1.54, 1.807) is 12.1 Å². The molecule has 1 aliphatic rings. The number of guanidine groups is 1. The summed E-state index contributed by atoms with van der Waals surface area (Å²) < 4.78 is 5.30. The molecule has 1 heterocycles. The van der Waals surface area contributed by atoms with E-state index < -0.39 is 48.6 Å². The van der Waals surface area contributed by atoms with Crippen molar-refractivity contribution in [1.82, 2.24) is 15.5 Å². The van der Waals surface area contributed by atoms with E-state index in [4.69, 9.17) is 16.2 Å². The van der Waals surface area contributed by atoms with E-state index in [1.165, 1.54) is 4.90 Å². The van der Waals surface area contributed by atoms with Gasteiger partial charge in [-0.05, 0) is 31.2 Å². The fourth-order valence-corrected chi connectivity index (χ4v) is 3.56. The fourth-order valence-electron chi connectivity index (χ4n) is 3.56. The Hall–Kier alpha value is -3.87. The van der Waals surface area contributed by atoms with E-state index in [2.05, 4.69) is 15.6 Å². The first-order valence-corrected chi connectivity index (χ1v) is 11.2. The van der Waals surface area contributed by atoms with Crippen LogP contribution in [-0.4, -0.2) is 82.8 Å². The standard InChI is InChI=1S/C22H32N6O7/c23-21(24)25-10-4-8-15(20(32)33)26-18(30)16(12-29)27-19(31)17-9-5-11-28(17)22(34)35-13-14-6-2-1-3-7-14/h1-3,6-7,15-17,29H,4-5,8-13H2,(H,26,30)(H,27,31)(H,32,33)(H4,23,24,25). The molecular weight excluding hydrogens is 460 g/mol. The first-order valence-electron chi connectivity index (χ1n) is 11.2. The summed E-state index contributed by atoms with van der Waals surface area (Å²) in [5.41, 5.74) is 11.2. The van der Waals surface area contributed by atoms with E-state index in [0.29, 0.717) is 19.4 Å². The van der Waals surface area contributed by atoms with Crippen molar-refractivity contribution >= 4 is 29.8 Å². The van der Waals surface area contributed by atoms with Crippen LogP contribution in [0.5, 0.6) is 0 Å². The van der Waals surface area contributed by atoms with Gasteiger partial charge in [0.15, 0.2) is 5.96 Å². The van der Waals surface area contributed by atoms with Crippen LogP contribution in [0, 0.1) is 0 Å². The molecule has 1 saturated heterocycles. The Bertz CT molecular complexity index is 907. The number of hydrogen-bond acceptors (Lipinski definition) is 7. The lowest BCUT2D eigenvalue weighted by molar-refractivity contribution is -0.142. The van der Waals surface area contributed by atoms with Crippen molar-refractivity contribution in [1.29, 1.82) is 0 Å². The van der Waals surface area contributed by atoms with Gasteiger partial charge < -0.3 is 37.1 Å². The molecule has 13 heteroatoms. The minimum atomic E-state index is -1.40. The Morgan fingerprint density at radius 3 is 2.49 bits per heavy atom. The van der Waals surface area contributed by atoms with Gasteiger partial charge in [0.1, 0.15) is 24.7 Å². The smallest absolute Gasteiger partial charge is 0.410 e. The molecule has 13 nitrogen and oxygen atoms in total. The fraction of sp³-hybridized carbons (Fsp3) is 0.500. The number of likely N-dealkylation sites (tertiary alicyclic amines) is 1. The molecule has 2 rings (SSSR count). The molecule has 0 aliphatic carbocycles. The lowest BCUT2D eigenvalue weighted by Gasteiger charge is -2.26. The SMILES string of the molecule is NC(N)=NCCCC(NC(=O)C(CO)NC(=O)C1CCCN1C(=O)OCc1ccccc1)C(=O)O. The number of benzene rings is 1. The molecule has 0 spiro atoms. The number of carbonyl (C=O) groups excluding carboxylic acids is 3. The topological polar surface area (TPSA) is 210 Å². The van der Waals surface area contributed by atoms with Crippen LogP contribution in [0.3, 0.4) is 0 Å². The number of aliphatic hydroxyl groups excluding tert-OH is 1. The van der Waals surface area contributed by atoms with E-state index in [9.17, 15) is 29.4 Å². The molecule has 1 aromatic rings. The van der Waals surface area contributed by atoms with Crippen LogP contribution >= 0.6 is 0 Å². The highest BCUT2D eigenvalue weighted by Crippen LogP contribution is 2.19. The van der Waals surface area contributed by atoms with Crippen LogP contribution in [-0.2, 0) is 25.7 Å². The maximum atomic E-state index is 12.8. The van der Waals surface area contributed by atoms with Crippen LogP contribution in [0.15, 0.2) is 35.3 Å². The van der Waals surface area contributed by atoms with Crippen LogP contribution in [0.4, 0.5) is 4.79 Å². The van der Waals surface area contributed by atoms with Gasteiger partial charge in [-0.1, -0.05) is 30.3 Å². The molecule has 192 valence electrons. The van der Waals surface area contributed by atoms with Gasteiger partial charge in [0.2, 0.25) is 11.8 Å². The normalized spacial score (nSPS) is 16.6. The second-order valence-electron chi connectivity index (χ2n) is 7.98. The van der Waals surface area contributed by atoms with Crippen molar-refractivity contribution in [2.75, 3.05) is 19.7 Å². The van der Waals surface area contributed by atoms with Gasteiger partial charge in [0.05, 0.1) is 6.61 Å². The molecule has 1 aromatic carbocycles. The summed E-state index contributed by atoms with van der Waals surface area (Å²) in [6.45, 7) is -0.229. The number of aliphatic hydroxyl groups is 1. The Morgan fingerprint density at radius 2 is 1.86 bits per heavy atom. The molecule has 35 heavy (non-hydrogen) atoms. The molecule has 0 bridgehead atoms. The maximum Gasteiger partial charge on any atom is 0.410 e. The molecule has 0 saturated carbocycles. The average Bonchev–Trinajstić information content (AvgIpc) is 3.33. The van der Waals surface area contributed by atoms with E-state index >= 15 is 0 Å². The quantitative estimate of drug-likeness (QED) is 0.118. The Labute approximate surface area is 202 Å². The number of carbonyl (C=O) groups is 4. The zero-order valence-corrected chi connectivity index (χ0v) is 19.3. The number of nitrogens with two attached hydrogens (primary N) is 2. The molecule has 0 aromatic heterocycles. The summed E-state index contributed by atoms with van der Waals surface area (Å²) in [4.78, 5) is 54.3. The lowest BCUT2D eigenvalue weighted by atomic mass is 10.1. The zero-order valence-electron chi connectivity index (χ0n) is 19.3. The first-order chi connectivity index (χ1) is 16.7. The largest absolute Gasteiger partial charge is 0.480 e. The number of carboxylic acid groups (broad SMARTS) is 1. The van der Waals surface area contributed by atoms with E-state index in [1.807, 2.05) is 18.2 Å². The average molecular weight is 493 g/mol. The second kappa shape index (κ2) is 13.7. The van der Waals surface area contributed by atoms with Crippen molar-refractivity contribution in [3.63, 3.8) is 0 Å². The van der Waals surface area contributed by atoms with E-state index in [-0.39, 0.29) is 32.0 Å². The Balaban J connectivity index is 1.91. The number of carboxylic acids is 1. The predicted octanol–water partition coefficient (Wildman–Crippen LogP) is -1.11. The number of rotatable bonds is 12. The van der Waals surface area contributed by atoms with Crippen molar-refractivity contribution in [2.24, 2.45) is 16.5 Å². The maximum absolute atomic E-state index is 12.8. The van der Waals surface area contributed by atoms with Gasteiger partial charge in [-0.15, -0.1) is 0 Å². The number of hydrogen-bond donors (Lipinski definition) is 6. The van der Waals surface area contributed by atoms with E-state index in [0.717, 1.165) is 5.56 Å².